The molecular weight excluding hydrogens is 366 g/mol. The van der Waals surface area contributed by atoms with Crippen LogP contribution in [0.15, 0.2) is 67.0 Å². The van der Waals surface area contributed by atoms with Gasteiger partial charge >= 0.3 is 0 Å². The third-order valence-corrected chi connectivity index (χ3v) is 4.68. The first-order valence-corrected chi connectivity index (χ1v) is 9.08. The number of nitrogens with two attached hydrogens (primary N) is 1. The number of aryl methyl sites for hydroxylation is 1. The van der Waals surface area contributed by atoms with E-state index in [9.17, 15) is 9.59 Å². The summed E-state index contributed by atoms with van der Waals surface area (Å²) in [7, 11) is 0. The van der Waals surface area contributed by atoms with Crippen molar-refractivity contribution in [3.05, 3.63) is 89.2 Å². The summed E-state index contributed by atoms with van der Waals surface area (Å²) >= 11 is 0. The number of nitrogens with zero attached hydrogens (tertiary/aromatic N) is 3. The molecule has 0 fully saturated rings. The van der Waals surface area contributed by atoms with Crippen molar-refractivity contribution in [2.45, 2.75) is 13.5 Å². The number of fused-ring (bicyclic) bond motifs is 1. The molecule has 0 aliphatic carbocycles. The van der Waals surface area contributed by atoms with E-state index < -0.39 is 5.91 Å². The number of benzene rings is 2. The Kier molecular flexibility index (Phi) is 4.78. The predicted molar refractivity (Wildman–Crippen MR) is 111 cm³/mol. The van der Waals surface area contributed by atoms with Gasteiger partial charge in [0.15, 0.2) is 5.65 Å². The van der Waals surface area contributed by atoms with E-state index in [-0.39, 0.29) is 5.91 Å². The summed E-state index contributed by atoms with van der Waals surface area (Å²) in [6, 6.07) is 16.7. The normalized spacial score (nSPS) is 10.8. The van der Waals surface area contributed by atoms with Crippen LogP contribution in [0.4, 0.5) is 5.69 Å². The zero-order valence-corrected chi connectivity index (χ0v) is 15.8. The van der Waals surface area contributed by atoms with Gasteiger partial charge in [-0.2, -0.15) is 5.10 Å². The van der Waals surface area contributed by atoms with E-state index in [0.29, 0.717) is 29.0 Å². The molecule has 2 heterocycles. The minimum absolute atomic E-state index is 0.320. The number of nitrogens with one attached hydrogen (secondary N) is 1. The SMILES string of the molecule is Cc1ccc(C(N)=O)cc1NC(=O)c1cnc2c(cnn2Cc2ccccc2)c1. The number of rotatable bonds is 5. The fraction of sp³-hybridized carbons (Fsp3) is 0.0909. The van der Waals surface area contributed by atoms with Crippen LogP contribution in [-0.2, 0) is 6.54 Å². The summed E-state index contributed by atoms with van der Waals surface area (Å²) < 4.78 is 1.80. The molecule has 4 aromatic rings. The van der Waals surface area contributed by atoms with Gasteiger partial charge in [0.05, 0.1) is 18.3 Å². The average molecular weight is 385 g/mol. The van der Waals surface area contributed by atoms with E-state index in [2.05, 4.69) is 15.4 Å². The molecule has 2 amide bonds. The summed E-state index contributed by atoms with van der Waals surface area (Å²) in [5.74, 6) is -0.866. The summed E-state index contributed by atoms with van der Waals surface area (Å²) in [6.45, 7) is 2.44. The largest absolute Gasteiger partial charge is 0.366 e. The lowest BCUT2D eigenvalue weighted by atomic mass is 10.1. The molecule has 29 heavy (non-hydrogen) atoms. The molecule has 7 nitrogen and oxygen atoms in total. The molecule has 2 aromatic carbocycles. The second-order valence-electron chi connectivity index (χ2n) is 6.77. The molecule has 144 valence electrons. The van der Waals surface area contributed by atoms with E-state index in [0.717, 1.165) is 16.5 Å². The number of pyridine rings is 1. The highest BCUT2D eigenvalue weighted by Crippen LogP contribution is 2.19. The van der Waals surface area contributed by atoms with Gasteiger partial charge in [-0.15, -0.1) is 0 Å². The molecule has 0 bridgehead atoms. The van der Waals surface area contributed by atoms with E-state index in [4.69, 9.17) is 5.73 Å². The van der Waals surface area contributed by atoms with Crippen LogP contribution >= 0.6 is 0 Å². The molecule has 0 radical (unpaired) electrons. The number of carbonyl (C=O) groups is 2. The quantitative estimate of drug-likeness (QED) is 0.551. The highest BCUT2D eigenvalue weighted by molar-refractivity contribution is 6.06. The van der Waals surface area contributed by atoms with Gasteiger partial charge in [0.1, 0.15) is 0 Å². The van der Waals surface area contributed by atoms with Gasteiger partial charge in [0, 0.05) is 22.8 Å². The molecule has 0 saturated carbocycles. The first-order chi connectivity index (χ1) is 14.0. The van der Waals surface area contributed by atoms with Crippen LogP contribution in [0, 0.1) is 6.92 Å². The lowest BCUT2D eigenvalue weighted by molar-refractivity contribution is 0.0996. The lowest BCUT2D eigenvalue weighted by Crippen LogP contribution is -2.15. The maximum absolute atomic E-state index is 12.7. The second kappa shape index (κ2) is 7.55. The maximum atomic E-state index is 12.7. The van der Waals surface area contributed by atoms with E-state index in [1.165, 1.54) is 6.20 Å². The van der Waals surface area contributed by atoms with Gasteiger partial charge in [-0.1, -0.05) is 36.4 Å². The van der Waals surface area contributed by atoms with Crippen LogP contribution in [0.3, 0.4) is 0 Å². The fourth-order valence-electron chi connectivity index (χ4n) is 3.07. The molecule has 3 N–H and O–H groups in total. The topological polar surface area (TPSA) is 103 Å². The third kappa shape index (κ3) is 3.84. The number of hydrogen-bond acceptors (Lipinski definition) is 4. The molecular formula is C22H19N5O2. The summed E-state index contributed by atoms with van der Waals surface area (Å²) in [4.78, 5) is 28.5. The third-order valence-electron chi connectivity index (χ3n) is 4.68. The number of hydrogen-bond donors (Lipinski definition) is 2. The fourth-order valence-corrected chi connectivity index (χ4v) is 3.07. The molecule has 7 heteroatoms. The lowest BCUT2D eigenvalue weighted by Gasteiger charge is -2.10. The highest BCUT2D eigenvalue weighted by Gasteiger charge is 2.13. The van der Waals surface area contributed by atoms with Crippen LogP contribution in [0.25, 0.3) is 11.0 Å². The predicted octanol–water partition coefficient (Wildman–Crippen LogP) is 3.14. The van der Waals surface area contributed by atoms with Crippen LogP contribution < -0.4 is 11.1 Å². The van der Waals surface area contributed by atoms with Gasteiger partial charge in [0.25, 0.3) is 5.91 Å². The second-order valence-corrected chi connectivity index (χ2v) is 6.77. The highest BCUT2D eigenvalue weighted by atomic mass is 16.2. The summed E-state index contributed by atoms with van der Waals surface area (Å²) in [6.07, 6.45) is 3.22. The Balaban J connectivity index is 1.58. The van der Waals surface area contributed by atoms with Crippen LogP contribution in [0.5, 0.6) is 0 Å². The monoisotopic (exact) mass is 385 g/mol. The minimum atomic E-state index is -0.547. The van der Waals surface area contributed by atoms with E-state index in [1.54, 1.807) is 35.1 Å². The number of aromatic nitrogens is 3. The van der Waals surface area contributed by atoms with Gasteiger partial charge in [0.2, 0.25) is 5.91 Å². The Morgan fingerprint density at radius 1 is 1.03 bits per heavy atom. The summed E-state index contributed by atoms with van der Waals surface area (Å²) in [5.41, 5.74) is 9.24. The van der Waals surface area contributed by atoms with Crippen molar-refractivity contribution in [2.24, 2.45) is 5.73 Å². The molecule has 0 saturated heterocycles. The van der Waals surface area contributed by atoms with Crippen molar-refractivity contribution in [1.29, 1.82) is 0 Å². The number of anilines is 1. The van der Waals surface area contributed by atoms with E-state index >= 15 is 0 Å². The Morgan fingerprint density at radius 3 is 2.59 bits per heavy atom. The van der Waals surface area contributed by atoms with Crippen LogP contribution in [0.1, 0.15) is 31.8 Å². The maximum Gasteiger partial charge on any atom is 0.257 e. The Hall–Kier alpha value is -4.00. The van der Waals surface area contributed by atoms with Crippen molar-refractivity contribution < 1.29 is 9.59 Å². The van der Waals surface area contributed by atoms with Crippen LogP contribution in [0.2, 0.25) is 0 Å². The van der Waals surface area contributed by atoms with Crippen molar-refractivity contribution in [2.75, 3.05) is 5.32 Å². The molecule has 0 spiro atoms. The zero-order chi connectivity index (χ0) is 20.4. The van der Waals surface area contributed by atoms with Crippen LogP contribution in [-0.4, -0.2) is 26.6 Å². The zero-order valence-electron chi connectivity index (χ0n) is 15.8. The number of amides is 2. The van der Waals surface area contributed by atoms with Gasteiger partial charge < -0.3 is 11.1 Å². The van der Waals surface area contributed by atoms with Gasteiger partial charge in [-0.05, 0) is 36.2 Å². The first-order valence-electron chi connectivity index (χ1n) is 9.08. The molecule has 0 atom stereocenters. The number of carbonyl (C=O) groups excluding carboxylic acids is 2. The minimum Gasteiger partial charge on any atom is -0.366 e. The smallest absolute Gasteiger partial charge is 0.257 e. The first kappa shape index (κ1) is 18.4. The van der Waals surface area contributed by atoms with Gasteiger partial charge in [-0.25, -0.2) is 9.67 Å². The van der Waals surface area contributed by atoms with Crippen molar-refractivity contribution in [3.8, 4) is 0 Å². The Labute approximate surface area is 167 Å². The Bertz CT molecular complexity index is 1210. The van der Waals surface area contributed by atoms with Crippen molar-refractivity contribution in [3.63, 3.8) is 0 Å². The summed E-state index contributed by atoms with van der Waals surface area (Å²) in [5, 5.41) is 7.98. The molecule has 0 unspecified atom stereocenters. The van der Waals surface area contributed by atoms with Crippen molar-refractivity contribution >= 4 is 28.5 Å². The number of primary amides is 1. The standard InChI is InChI=1S/C22H19N5O2/c1-14-7-8-16(20(23)28)10-19(14)26-22(29)18-9-17-12-25-27(21(17)24-11-18)13-15-5-3-2-4-6-15/h2-12H,13H2,1H3,(H2,23,28)(H,26,29). The van der Waals surface area contributed by atoms with E-state index in [1.807, 2.05) is 37.3 Å². The average Bonchev–Trinajstić information content (AvgIpc) is 3.12. The molecule has 4 rings (SSSR count). The van der Waals surface area contributed by atoms with Crippen molar-refractivity contribution in [1.82, 2.24) is 14.8 Å². The molecule has 0 aliphatic rings. The van der Waals surface area contributed by atoms with Gasteiger partial charge in [-0.3, -0.25) is 9.59 Å². The molecule has 2 aromatic heterocycles. The Morgan fingerprint density at radius 2 is 1.83 bits per heavy atom. The molecule has 0 aliphatic heterocycles.